The van der Waals surface area contributed by atoms with E-state index in [1.54, 1.807) is 12.1 Å². The first kappa shape index (κ1) is 19.3. The fourth-order valence-corrected chi connectivity index (χ4v) is 3.40. The largest absolute Gasteiger partial charge is 0.494 e. The second-order valence-electron chi connectivity index (χ2n) is 5.84. The fraction of sp³-hybridized carbons (Fsp3) is 0.368. The predicted octanol–water partition coefficient (Wildman–Crippen LogP) is 3.57. The highest BCUT2D eigenvalue weighted by atomic mass is 32.2. The van der Waals surface area contributed by atoms with Gasteiger partial charge in [0.25, 0.3) is 0 Å². The van der Waals surface area contributed by atoms with E-state index < -0.39 is 10.0 Å². The average molecular weight is 363 g/mol. The third-order valence-electron chi connectivity index (χ3n) is 3.64. The van der Waals surface area contributed by atoms with Crippen molar-refractivity contribution in [3.05, 3.63) is 54.1 Å². The molecule has 0 saturated heterocycles. The summed E-state index contributed by atoms with van der Waals surface area (Å²) in [6.07, 6.45) is 0. The Balaban J connectivity index is 1.90. The van der Waals surface area contributed by atoms with Crippen molar-refractivity contribution >= 4 is 10.0 Å². The Bertz CT molecular complexity index is 770. The zero-order valence-corrected chi connectivity index (χ0v) is 15.7. The topological polar surface area (TPSA) is 64.6 Å². The van der Waals surface area contributed by atoms with Crippen molar-refractivity contribution in [3.8, 4) is 11.5 Å². The van der Waals surface area contributed by atoms with Crippen LogP contribution in [0.2, 0.25) is 0 Å². The third-order valence-corrected chi connectivity index (χ3v) is 5.11. The van der Waals surface area contributed by atoms with Gasteiger partial charge >= 0.3 is 0 Å². The van der Waals surface area contributed by atoms with Crippen LogP contribution in [0.15, 0.2) is 53.4 Å². The maximum absolute atomic E-state index is 12.3. The lowest BCUT2D eigenvalue weighted by Crippen LogP contribution is -2.28. The molecule has 1 N–H and O–H groups in total. The Morgan fingerprint density at radius 3 is 2.32 bits per heavy atom. The number of hydrogen-bond donors (Lipinski definition) is 1. The van der Waals surface area contributed by atoms with Gasteiger partial charge in [-0.25, -0.2) is 13.1 Å². The smallest absolute Gasteiger partial charge is 0.240 e. The molecule has 0 saturated carbocycles. The Morgan fingerprint density at radius 1 is 1.00 bits per heavy atom. The summed E-state index contributed by atoms with van der Waals surface area (Å²) in [6, 6.07) is 14.1. The first-order valence-electron chi connectivity index (χ1n) is 8.38. The van der Waals surface area contributed by atoms with E-state index in [-0.39, 0.29) is 18.0 Å². The van der Waals surface area contributed by atoms with Gasteiger partial charge < -0.3 is 9.47 Å². The van der Waals surface area contributed by atoms with Gasteiger partial charge in [-0.1, -0.05) is 32.0 Å². The van der Waals surface area contributed by atoms with Gasteiger partial charge in [-0.05, 0) is 48.7 Å². The molecule has 0 radical (unpaired) electrons. The van der Waals surface area contributed by atoms with Crippen molar-refractivity contribution in [2.75, 3.05) is 19.8 Å². The molecule has 5 nitrogen and oxygen atoms in total. The molecule has 2 aromatic carbocycles. The number of nitrogens with one attached hydrogen (secondary N) is 1. The summed E-state index contributed by atoms with van der Waals surface area (Å²) < 4.78 is 38.2. The highest BCUT2D eigenvalue weighted by Gasteiger charge is 2.14. The van der Waals surface area contributed by atoms with Crippen molar-refractivity contribution in [2.24, 2.45) is 0 Å². The molecule has 136 valence electrons. The molecule has 0 fully saturated rings. The van der Waals surface area contributed by atoms with Gasteiger partial charge in [-0.3, -0.25) is 0 Å². The van der Waals surface area contributed by atoms with Crippen LogP contribution in [-0.4, -0.2) is 28.2 Å². The molecule has 0 spiro atoms. The van der Waals surface area contributed by atoms with Crippen LogP contribution < -0.4 is 14.2 Å². The molecular weight excluding hydrogens is 338 g/mol. The van der Waals surface area contributed by atoms with E-state index in [0.717, 1.165) is 11.3 Å². The van der Waals surface area contributed by atoms with E-state index in [2.05, 4.69) is 18.6 Å². The van der Waals surface area contributed by atoms with Gasteiger partial charge in [0.15, 0.2) is 0 Å². The standard InChI is InChI=1S/C19H25NO4S/c1-4-23-16-9-11-17(12-10-16)25(21,22)20-13-14-24-19-8-6-5-7-18(19)15(2)3/h5-12,15,20H,4,13-14H2,1-3H3. The summed E-state index contributed by atoms with van der Waals surface area (Å²) >= 11 is 0. The molecule has 0 aliphatic carbocycles. The van der Waals surface area contributed by atoms with Crippen LogP contribution in [0.5, 0.6) is 11.5 Å². The number of benzene rings is 2. The highest BCUT2D eigenvalue weighted by molar-refractivity contribution is 7.89. The summed E-state index contributed by atoms with van der Waals surface area (Å²) in [4.78, 5) is 0.207. The van der Waals surface area contributed by atoms with Gasteiger partial charge in [-0.15, -0.1) is 0 Å². The maximum atomic E-state index is 12.3. The monoisotopic (exact) mass is 363 g/mol. The number of para-hydroxylation sites is 1. The van der Waals surface area contributed by atoms with Crippen molar-refractivity contribution < 1.29 is 17.9 Å². The van der Waals surface area contributed by atoms with E-state index in [1.165, 1.54) is 12.1 Å². The Kier molecular flexibility index (Phi) is 6.84. The zero-order chi connectivity index (χ0) is 18.3. The molecule has 25 heavy (non-hydrogen) atoms. The number of sulfonamides is 1. The summed E-state index contributed by atoms with van der Waals surface area (Å²) in [5.74, 6) is 1.78. The number of ether oxygens (including phenoxy) is 2. The Labute approximate surface area is 150 Å². The first-order valence-corrected chi connectivity index (χ1v) is 9.86. The minimum atomic E-state index is -3.56. The van der Waals surface area contributed by atoms with Gasteiger partial charge in [0.05, 0.1) is 11.5 Å². The lowest BCUT2D eigenvalue weighted by molar-refractivity contribution is 0.318. The van der Waals surface area contributed by atoms with Crippen molar-refractivity contribution in [3.63, 3.8) is 0 Å². The van der Waals surface area contributed by atoms with Gasteiger partial charge in [-0.2, -0.15) is 0 Å². The molecule has 2 aromatic rings. The minimum Gasteiger partial charge on any atom is -0.494 e. The van der Waals surface area contributed by atoms with E-state index >= 15 is 0 Å². The van der Waals surface area contributed by atoms with Crippen LogP contribution in [0.1, 0.15) is 32.3 Å². The first-order chi connectivity index (χ1) is 11.9. The molecule has 0 heterocycles. The molecule has 6 heteroatoms. The second-order valence-corrected chi connectivity index (χ2v) is 7.61. The molecule has 0 amide bonds. The SMILES string of the molecule is CCOc1ccc(S(=O)(=O)NCCOc2ccccc2C(C)C)cc1. The van der Waals surface area contributed by atoms with Crippen LogP contribution in [0.3, 0.4) is 0 Å². The average Bonchev–Trinajstić information content (AvgIpc) is 2.60. The van der Waals surface area contributed by atoms with Crippen LogP contribution in [0.25, 0.3) is 0 Å². The summed E-state index contributed by atoms with van der Waals surface area (Å²) in [5, 5.41) is 0. The molecule has 0 aliphatic rings. The molecule has 0 unspecified atom stereocenters. The lowest BCUT2D eigenvalue weighted by atomic mass is 10.0. The summed E-state index contributed by atoms with van der Waals surface area (Å²) in [6.45, 7) is 7.07. The van der Waals surface area contributed by atoms with E-state index in [9.17, 15) is 8.42 Å². The maximum Gasteiger partial charge on any atom is 0.240 e. The zero-order valence-electron chi connectivity index (χ0n) is 14.9. The second kappa shape index (κ2) is 8.87. The predicted molar refractivity (Wildman–Crippen MR) is 98.8 cm³/mol. The van der Waals surface area contributed by atoms with Gasteiger partial charge in [0, 0.05) is 6.54 Å². The van der Waals surface area contributed by atoms with Crippen LogP contribution >= 0.6 is 0 Å². The van der Waals surface area contributed by atoms with Crippen LogP contribution in [-0.2, 0) is 10.0 Å². The van der Waals surface area contributed by atoms with E-state index in [4.69, 9.17) is 9.47 Å². The van der Waals surface area contributed by atoms with E-state index in [0.29, 0.717) is 18.3 Å². The quantitative estimate of drug-likeness (QED) is 0.692. The molecule has 0 aromatic heterocycles. The third kappa shape index (κ3) is 5.47. The molecule has 0 bridgehead atoms. The van der Waals surface area contributed by atoms with Crippen LogP contribution in [0, 0.1) is 0 Å². The molecule has 0 atom stereocenters. The molecule has 2 rings (SSSR count). The highest BCUT2D eigenvalue weighted by Crippen LogP contribution is 2.25. The fourth-order valence-electron chi connectivity index (χ4n) is 2.39. The minimum absolute atomic E-state index is 0.196. The van der Waals surface area contributed by atoms with Crippen LogP contribution in [0.4, 0.5) is 0 Å². The normalized spacial score (nSPS) is 11.5. The van der Waals surface area contributed by atoms with Gasteiger partial charge in [0.2, 0.25) is 10.0 Å². The van der Waals surface area contributed by atoms with Gasteiger partial charge in [0.1, 0.15) is 18.1 Å². The Morgan fingerprint density at radius 2 is 1.68 bits per heavy atom. The number of hydrogen-bond acceptors (Lipinski definition) is 4. The Hall–Kier alpha value is -2.05. The summed E-state index contributed by atoms with van der Waals surface area (Å²) in [7, 11) is -3.56. The molecule has 0 aliphatic heterocycles. The van der Waals surface area contributed by atoms with Crippen molar-refractivity contribution in [1.29, 1.82) is 0 Å². The van der Waals surface area contributed by atoms with Crippen molar-refractivity contribution in [1.82, 2.24) is 4.72 Å². The van der Waals surface area contributed by atoms with Crippen molar-refractivity contribution in [2.45, 2.75) is 31.6 Å². The molecular formula is C19H25NO4S. The number of rotatable bonds is 9. The van der Waals surface area contributed by atoms with E-state index in [1.807, 2.05) is 31.2 Å². The summed E-state index contributed by atoms with van der Waals surface area (Å²) in [5.41, 5.74) is 1.11. The lowest BCUT2D eigenvalue weighted by Gasteiger charge is -2.14.